The number of esters is 1. The third-order valence-corrected chi connectivity index (χ3v) is 2.18. The van der Waals surface area contributed by atoms with Crippen molar-refractivity contribution in [1.82, 2.24) is 0 Å². The monoisotopic (exact) mass is 228 g/mol. The number of hydrogen-bond acceptors (Lipinski definition) is 3. The van der Waals surface area contributed by atoms with Crippen LogP contribution >= 0.6 is 24.2 Å². The molecule has 0 aliphatic rings. The lowest BCUT2D eigenvalue weighted by Crippen LogP contribution is -2.08. The second-order valence-electron chi connectivity index (χ2n) is 2.66. The van der Waals surface area contributed by atoms with Crippen LogP contribution in [0.1, 0.15) is 6.92 Å². The van der Waals surface area contributed by atoms with Gasteiger partial charge in [0.15, 0.2) is 0 Å². The maximum atomic E-state index is 11.3. The Hall–Kier alpha value is -0.930. The molecule has 0 aromatic heterocycles. The van der Waals surface area contributed by atoms with Gasteiger partial charge in [0.05, 0.1) is 0 Å². The summed E-state index contributed by atoms with van der Waals surface area (Å²) in [4.78, 5) is 11.3. The summed E-state index contributed by atoms with van der Waals surface area (Å²) in [6.45, 7) is 1.63. The Kier molecular flexibility index (Phi) is 4.04. The maximum absolute atomic E-state index is 11.3. The van der Waals surface area contributed by atoms with E-state index in [0.29, 0.717) is 16.3 Å². The van der Waals surface area contributed by atoms with E-state index in [1.165, 1.54) is 5.41 Å². The smallest absolute Gasteiger partial charge is 0.339 e. The van der Waals surface area contributed by atoms with Gasteiger partial charge in [0, 0.05) is 10.6 Å². The van der Waals surface area contributed by atoms with E-state index in [1.54, 1.807) is 31.2 Å². The van der Waals surface area contributed by atoms with Crippen molar-refractivity contribution in [2.24, 2.45) is 0 Å². The molecule has 0 aliphatic carbocycles. The molecule has 0 unspecified atom stereocenters. The Bertz CT molecular complexity index is 357. The van der Waals surface area contributed by atoms with Crippen molar-refractivity contribution in [3.63, 3.8) is 0 Å². The molecule has 1 aromatic carbocycles. The Morgan fingerprint density at radius 3 is 2.50 bits per heavy atom. The summed E-state index contributed by atoms with van der Waals surface area (Å²) in [7, 11) is 0. The molecule has 0 saturated heterocycles. The highest BCUT2D eigenvalue weighted by Crippen LogP contribution is 2.16. The van der Waals surface area contributed by atoms with E-state index in [0.717, 1.165) is 0 Å². The molecule has 0 bridgehead atoms. The lowest BCUT2D eigenvalue weighted by Gasteiger charge is -2.03. The molecule has 0 aliphatic heterocycles. The van der Waals surface area contributed by atoms with Gasteiger partial charge in [0.2, 0.25) is 0 Å². The van der Waals surface area contributed by atoms with E-state index in [9.17, 15) is 4.79 Å². The van der Waals surface area contributed by atoms with Crippen LogP contribution in [0.25, 0.3) is 0 Å². The van der Waals surface area contributed by atoms with Gasteiger partial charge in [-0.15, -0.1) is 0 Å². The first-order valence-corrected chi connectivity index (χ1v) is 4.81. The van der Waals surface area contributed by atoms with Crippen molar-refractivity contribution < 1.29 is 9.53 Å². The Morgan fingerprint density at radius 2 is 2.00 bits per heavy atom. The minimum Gasteiger partial charge on any atom is -0.423 e. The van der Waals surface area contributed by atoms with Crippen molar-refractivity contribution in [2.75, 3.05) is 0 Å². The highest BCUT2D eigenvalue weighted by Gasteiger charge is 2.05. The molecule has 0 radical (unpaired) electrons. The number of halogens is 1. The number of benzene rings is 1. The second-order valence-corrected chi connectivity index (χ2v) is 3.35. The van der Waals surface area contributed by atoms with Crippen molar-refractivity contribution in [2.45, 2.75) is 6.92 Å². The van der Waals surface area contributed by atoms with Gasteiger partial charge in [-0.3, -0.25) is 0 Å². The molecule has 0 saturated carbocycles. The fraction of sp³-hybridized carbons (Fsp3) is 0.100. The molecular weight excluding hydrogens is 220 g/mol. The van der Waals surface area contributed by atoms with E-state index in [-0.39, 0.29) is 0 Å². The van der Waals surface area contributed by atoms with Crippen molar-refractivity contribution >= 4 is 30.2 Å². The Labute approximate surface area is 92.9 Å². The minimum atomic E-state index is -0.415. The first kappa shape index (κ1) is 11.1. The fourth-order valence-corrected chi connectivity index (χ4v) is 0.974. The van der Waals surface area contributed by atoms with E-state index >= 15 is 0 Å². The summed E-state index contributed by atoms with van der Waals surface area (Å²) in [5, 5.41) is 2.00. The molecule has 4 heteroatoms. The average Bonchev–Trinajstić information content (AvgIpc) is 2.20. The van der Waals surface area contributed by atoms with E-state index in [4.69, 9.17) is 16.3 Å². The van der Waals surface area contributed by atoms with Crippen LogP contribution in [0.4, 0.5) is 0 Å². The van der Waals surface area contributed by atoms with Crippen LogP contribution < -0.4 is 4.74 Å². The van der Waals surface area contributed by atoms with Gasteiger partial charge >= 0.3 is 5.97 Å². The van der Waals surface area contributed by atoms with Crippen LogP contribution in [0, 0.1) is 0 Å². The van der Waals surface area contributed by atoms with Crippen molar-refractivity contribution in [3.8, 4) is 5.75 Å². The van der Waals surface area contributed by atoms with Gasteiger partial charge in [-0.25, -0.2) is 4.79 Å². The van der Waals surface area contributed by atoms with Gasteiger partial charge in [-0.2, -0.15) is 12.6 Å². The van der Waals surface area contributed by atoms with Crippen LogP contribution in [0.3, 0.4) is 0 Å². The lowest BCUT2D eigenvalue weighted by molar-refractivity contribution is -0.130. The molecule has 14 heavy (non-hydrogen) atoms. The van der Waals surface area contributed by atoms with E-state index in [1.807, 2.05) is 0 Å². The van der Waals surface area contributed by atoms with Crippen LogP contribution in [0.2, 0.25) is 5.02 Å². The summed E-state index contributed by atoms with van der Waals surface area (Å²) in [5.41, 5.74) is 0.447. The summed E-state index contributed by atoms with van der Waals surface area (Å²) >= 11 is 9.53. The first-order valence-electron chi connectivity index (χ1n) is 3.92. The summed E-state index contributed by atoms with van der Waals surface area (Å²) in [6.07, 6.45) is 0. The number of thiol groups is 1. The van der Waals surface area contributed by atoms with Gasteiger partial charge in [-0.05, 0) is 36.6 Å². The molecule has 2 nitrogen and oxygen atoms in total. The molecule has 1 rings (SSSR count). The topological polar surface area (TPSA) is 26.3 Å². The van der Waals surface area contributed by atoms with Crippen molar-refractivity contribution in [1.29, 1.82) is 0 Å². The van der Waals surface area contributed by atoms with E-state index in [2.05, 4.69) is 12.6 Å². The standard InChI is InChI=1S/C10H9ClO2S/c1-7(6-14)10(12)13-9-4-2-8(11)3-5-9/h2-6,14H,1H3. The lowest BCUT2D eigenvalue weighted by atomic mass is 10.3. The molecule has 0 amide bonds. The number of carbonyl (C=O) groups is 1. The largest absolute Gasteiger partial charge is 0.423 e. The summed E-state index contributed by atoms with van der Waals surface area (Å²) in [5.74, 6) is 0.0521. The van der Waals surface area contributed by atoms with Gasteiger partial charge < -0.3 is 4.74 Å². The normalized spacial score (nSPS) is 11.2. The SMILES string of the molecule is CC(=CS)C(=O)Oc1ccc(Cl)cc1. The molecule has 0 heterocycles. The van der Waals surface area contributed by atoms with Gasteiger partial charge in [-0.1, -0.05) is 11.6 Å². The highest BCUT2D eigenvalue weighted by atomic mass is 35.5. The molecule has 0 spiro atoms. The predicted octanol–water partition coefficient (Wildman–Crippen LogP) is 3.08. The molecule has 1 aromatic rings. The predicted molar refractivity (Wildman–Crippen MR) is 59.8 cm³/mol. The fourth-order valence-electron chi connectivity index (χ4n) is 0.743. The Balaban J connectivity index is 2.70. The second kappa shape index (κ2) is 5.08. The summed E-state index contributed by atoms with van der Waals surface area (Å²) in [6, 6.07) is 6.58. The highest BCUT2D eigenvalue weighted by molar-refractivity contribution is 7.83. The average molecular weight is 229 g/mol. The number of rotatable bonds is 2. The third kappa shape index (κ3) is 3.09. The number of carbonyl (C=O) groups excluding carboxylic acids is 1. The van der Waals surface area contributed by atoms with Gasteiger partial charge in [0.1, 0.15) is 5.75 Å². The number of ether oxygens (including phenoxy) is 1. The van der Waals surface area contributed by atoms with Gasteiger partial charge in [0.25, 0.3) is 0 Å². The Morgan fingerprint density at radius 1 is 1.43 bits per heavy atom. The van der Waals surface area contributed by atoms with Crippen LogP contribution in [-0.4, -0.2) is 5.97 Å². The molecule has 0 N–H and O–H groups in total. The van der Waals surface area contributed by atoms with E-state index < -0.39 is 5.97 Å². The van der Waals surface area contributed by atoms with Crippen LogP contribution in [0.15, 0.2) is 35.2 Å². The molecule has 0 fully saturated rings. The molecular formula is C10H9ClO2S. The quantitative estimate of drug-likeness (QED) is 0.364. The zero-order valence-corrected chi connectivity index (χ0v) is 9.18. The first-order chi connectivity index (χ1) is 6.63. The maximum Gasteiger partial charge on any atom is 0.339 e. The minimum absolute atomic E-state index is 0.415. The molecule has 74 valence electrons. The van der Waals surface area contributed by atoms with Crippen LogP contribution in [-0.2, 0) is 4.79 Å². The zero-order chi connectivity index (χ0) is 10.6. The number of hydrogen-bond donors (Lipinski definition) is 1. The zero-order valence-electron chi connectivity index (χ0n) is 7.53. The molecule has 0 atom stereocenters. The summed E-state index contributed by atoms with van der Waals surface area (Å²) < 4.78 is 5.01. The van der Waals surface area contributed by atoms with Crippen molar-refractivity contribution in [3.05, 3.63) is 40.3 Å². The van der Waals surface area contributed by atoms with Crippen LogP contribution in [0.5, 0.6) is 5.75 Å². The third-order valence-electron chi connectivity index (χ3n) is 1.54.